The molecule has 0 aromatic rings. The minimum Gasteiger partial charge on any atom is -0.300 e. The van der Waals surface area contributed by atoms with Crippen molar-refractivity contribution in [2.75, 3.05) is 6.54 Å². The number of carbonyl (C=O) groups is 3. The van der Waals surface area contributed by atoms with Gasteiger partial charge < -0.3 is 0 Å². The van der Waals surface area contributed by atoms with Crippen LogP contribution in [0.25, 0.3) is 0 Å². The molecule has 1 saturated carbocycles. The van der Waals surface area contributed by atoms with Gasteiger partial charge in [-0.05, 0) is 13.3 Å². The van der Waals surface area contributed by atoms with Crippen LogP contribution in [0, 0.1) is 0 Å². The highest BCUT2D eigenvalue weighted by atomic mass is 16.2. The average Bonchev–Trinajstić information content (AvgIpc) is 2.58. The van der Waals surface area contributed by atoms with Crippen molar-refractivity contribution in [1.82, 2.24) is 10.2 Å². The minimum atomic E-state index is -0.307. The Hall–Kier alpha value is -1.23. The third kappa shape index (κ3) is 1.92. The Bertz CT molecular complexity index is 327. The van der Waals surface area contributed by atoms with Gasteiger partial charge in [-0.3, -0.25) is 24.6 Å². The largest absolute Gasteiger partial charge is 0.300 e. The molecule has 0 aromatic heterocycles. The van der Waals surface area contributed by atoms with E-state index in [0.29, 0.717) is 12.8 Å². The summed E-state index contributed by atoms with van der Waals surface area (Å²) in [5, 5.41) is 2.29. The van der Waals surface area contributed by atoms with E-state index in [4.69, 9.17) is 0 Å². The quantitative estimate of drug-likeness (QED) is 0.590. The molecular weight excluding hydrogens is 196 g/mol. The fraction of sp³-hybridized carbons (Fsp3) is 0.700. The summed E-state index contributed by atoms with van der Waals surface area (Å²) in [6.45, 7) is 2.00. The molecule has 2 amide bonds. The third-order valence-corrected chi connectivity index (χ3v) is 3.15. The lowest BCUT2D eigenvalue weighted by molar-refractivity contribution is -0.141. The summed E-state index contributed by atoms with van der Waals surface area (Å²) in [7, 11) is 0. The Morgan fingerprint density at radius 1 is 1.33 bits per heavy atom. The SMILES string of the molecule is CC1C(=O)NC(=O)CN1C1CCC(=O)C1. The molecule has 2 fully saturated rings. The van der Waals surface area contributed by atoms with Crippen molar-refractivity contribution in [1.29, 1.82) is 0 Å². The van der Waals surface area contributed by atoms with Gasteiger partial charge >= 0.3 is 0 Å². The molecule has 0 spiro atoms. The van der Waals surface area contributed by atoms with Crippen LogP contribution in [0.3, 0.4) is 0 Å². The van der Waals surface area contributed by atoms with Crippen molar-refractivity contribution in [3.8, 4) is 0 Å². The number of carbonyl (C=O) groups excluding carboxylic acids is 3. The Labute approximate surface area is 87.8 Å². The molecule has 2 rings (SSSR count). The first kappa shape index (κ1) is 10.3. The summed E-state index contributed by atoms with van der Waals surface area (Å²) in [6, 6.07) is -0.235. The second kappa shape index (κ2) is 3.73. The number of piperazine rings is 1. The molecule has 1 aliphatic heterocycles. The van der Waals surface area contributed by atoms with Crippen molar-refractivity contribution >= 4 is 17.6 Å². The summed E-state index contributed by atoms with van der Waals surface area (Å²) in [5.41, 5.74) is 0. The number of amides is 2. The highest BCUT2D eigenvalue weighted by Gasteiger charge is 2.37. The van der Waals surface area contributed by atoms with Gasteiger partial charge in [-0.2, -0.15) is 0 Å². The second-order valence-electron chi connectivity index (χ2n) is 4.20. The molecule has 0 bridgehead atoms. The maximum absolute atomic E-state index is 11.4. The fourth-order valence-corrected chi connectivity index (χ4v) is 2.26. The van der Waals surface area contributed by atoms with Crippen LogP contribution in [-0.4, -0.2) is 41.1 Å². The van der Waals surface area contributed by atoms with Gasteiger partial charge in [0, 0.05) is 18.9 Å². The standard InChI is InChI=1S/C10H14N2O3/c1-6-10(15)11-9(14)5-12(6)7-2-3-8(13)4-7/h6-7H,2-5H2,1H3,(H,11,14,15). The zero-order valence-electron chi connectivity index (χ0n) is 8.66. The normalized spacial score (nSPS) is 33.3. The van der Waals surface area contributed by atoms with Crippen LogP contribution in [0.5, 0.6) is 0 Å². The van der Waals surface area contributed by atoms with Gasteiger partial charge in [0.2, 0.25) is 11.8 Å². The number of imide groups is 1. The Balaban J connectivity index is 2.09. The van der Waals surface area contributed by atoms with Crippen molar-refractivity contribution in [3.63, 3.8) is 0 Å². The van der Waals surface area contributed by atoms with E-state index < -0.39 is 0 Å². The molecule has 1 saturated heterocycles. The number of rotatable bonds is 1. The number of nitrogens with one attached hydrogen (secondary N) is 1. The predicted octanol–water partition coefficient (Wildman–Crippen LogP) is -0.545. The maximum Gasteiger partial charge on any atom is 0.243 e. The monoisotopic (exact) mass is 210 g/mol. The van der Waals surface area contributed by atoms with E-state index in [2.05, 4.69) is 5.32 Å². The molecule has 1 heterocycles. The van der Waals surface area contributed by atoms with Crippen molar-refractivity contribution in [2.24, 2.45) is 0 Å². The van der Waals surface area contributed by atoms with Crippen LogP contribution < -0.4 is 5.32 Å². The molecule has 0 aromatic carbocycles. The predicted molar refractivity (Wildman–Crippen MR) is 52.0 cm³/mol. The third-order valence-electron chi connectivity index (χ3n) is 3.15. The highest BCUT2D eigenvalue weighted by Crippen LogP contribution is 2.23. The van der Waals surface area contributed by atoms with Gasteiger partial charge in [-0.25, -0.2) is 0 Å². The summed E-state index contributed by atoms with van der Waals surface area (Å²) in [5.74, 6) is -0.298. The lowest BCUT2D eigenvalue weighted by Gasteiger charge is -2.35. The number of Topliss-reactive ketones (excluding diaryl/α,β-unsaturated/α-hetero) is 1. The van der Waals surface area contributed by atoms with Gasteiger partial charge in [-0.15, -0.1) is 0 Å². The Morgan fingerprint density at radius 3 is 2.67 bits per heavy atom. The molecule has 2 atom stereocenters. The van der Waals surface area contributed by atoms with Crippen LogP contribution in [0.1, 0.15) is 26.2 Å². The van der Waals surface area contributed by atoms with Crippen molar-refractivity contribution in [2.45, 2.75) is 38.3 Å². The molecule has 82 valence electrons. The van der Waals surface area contributed by atoms with Gasteiger partial charge in [0.15, 0.2) is 0 Å². The zero-order chi connectivity index (χ0) is 11.0. The number of hydrogen-bond acceptors (Lipinski definition) is 4. The summed E-state index contributed by atoms with van der Waals surface area (Å²) < 4.78 is 0. The minimum absolute atomic E-state index is 0.0718. The van der Waals surface area contributed by atoms with Gasteiger partial charge in [0.05, 0.1) is 12.6 Å². The Morgan fingerprint density at radius 2 is 2.07 bits per heavy atom. The number of hydrogen-bond donors (Lipinski definition) is 1. The smallest absolute Gasteiger partial charge is 0.243 e. The van der Waals surface area contributed by atoms with Crippen molar-refractivity contribution < 1.29 is 14.4 Å². The van der Waals surface area contributed by atoms with Crippen LogP contribution in [0.15, 0.2) is 0 Å². The highest BCUT2D eigenvalue weighted by molar-refractivity contribution is 6.01. The summed E-state index contributed by atoms with van der Waals surface area (Å²) in [4.78, 5) is 35.6. The number of nitrogens with zero attached hydrogens (tertiary/aromatic N) is 1. The molecule has 1 aliphatic carbocycles. The number of ketones is 1. The van der Waals surface area contributed by atoms with E-state index in [1.165, 1.54) is 0 Å². The van der Waals surface area contributed by atoms with E-state index in [1.807, 2.05) is 4.90 Å². The van der Waals surface area contributed by atoms with E-state index in [1.54, 1.807) is 6.92 Å². The summed E-state index contributed by atoms with van der Waals surface area (Å²) in [6.07, 6.45) is 1.82. The molecule has 5 heteroatoms. The van der Waals surface area contributed by atoms with Crippen LogP contribution in [-0.2, 0) is 14.4 Å². The summed E-state index contributed by atoms with van der Waals surface area (Å²) >= 11 is 0. The first-order chi connectivity index (χ1) is 7.08. The van der Waals surface area contributed by atoms with Gasteiger partial charge in [-0.1, -0.05) is 0 Å². The molecule has 5 nitrogen and oxygen atoms in total. The topological polar surface area (TPSA) is 66.5 Å². The maximum atomic E-state index is 11.4. The second-order valence-corrected chi connectivity index (χ2v) is 4.20. The molecule has 15 heavy (non-hydrogen) atoms. The fourth-order valence-electron chi connectivity index (χ4n) is 2.26. The lowest BCUT2D eigenvalue weighted by Crippen LogP contribution is -2.59. The van der Waals surface area contributed by atoms with E-state index in [-0.39, 0.29) is 36.2 Å². The average molecular weight is 210 g/mol. The van der Waals surface area contributed by atoms with Crippen LogP contribution in [0.2, 0.25) is 0 Å². The molecule has 1 N–H and O–H groups in total. The first-order valence-electron chi connectivity index (χ1n) is 5.19. The van der Waals surface area contributed by atoms with Crippen LogP contribution in [0.4, 0.5) is 0 Å². The Kier molecular flexibility index (Phi) is 2.56. The van der Waals surface area contributed by atoms with E-state index in [0.717, 1.165) is 6.42 Å². The molecule has 2 aliphatic rings. The van der Waals surface area contributed by atoms with Crippen molar-refractivity contribution in [3.05, 3.63) is 0 Å². The van der Waals surface area contributed by atoms with Gasteiger partial charge in [0.1, 0.15) is 5.78 Å². The van der Waals surface area contributed by atoms with E-state index in [9.17, 15) is 14.4 Å². The van der Waals surface area contributed by atoms with Crippen LogP contribution >= 0.6 is 0 Å². The molecule has 0 radical (unpaired) electrons. The molecular formula is C10H14N2O3. The molecule has 2 unspecified atom stereocenters. The van der Waals surface area contributed by atoms with Gasteiger partial charge in [0.25, 0.3) is 0 Å². The van der Waals surface area contributed by atoms with E-state index >= 15 is 0 Å². The first-order valence-corrected chi connectivity index (χ1v) is 5.19. The zero-order valence-corrected chi connectivity index (χ0v) is 8.66. The lowest BCUT2D eigenvalue weighted by atomic mass is 10.1.